The lowest BCUT2D eigenvalue weighted by Crippen LogP contribution is -2.33. The lowest BCUT2D eigenvalue weighted by molar-refractivity contribution is -0.384. The lowest BCUT2D eigenvalue weighted by Gasteiger charge is -2.22. The maximum absolute atomic E-state index is 13.8. The van der Waals surface area contributed by atoms with Gasteiger partial charge in [-0.25, -0.2) is 4.90 Å². The first-order valence-electron chi connectivity index (χ1n) is 12.1. The molecule has 1 saturated carbocycles. The SMILES string of the molecule is Cc1ccc(C(=C2[C@H]3C=C[C@H]2[C@@H]2C(=O)N(c4cc([N+](=O)[O-])ccc4Cl)C(=O)[C@H]23)c2ccc(C)cc2)cc1. The highest BCUT2D eigenvalue weighted by Gasteiger charge is 2.62. The molecule has 2 aliphatic carbocycles. The fourth-order valence-electron chi connectivity index (χ4n) is 6.06. The number of anilines is 1. The van der Waals surface area contributed by atoms with Gasteiger partial charge in [-0.2, -0.15) is 0 Å². The van der Waals surface area contributed by atoms with Gasteiger partial charge >= 0.3 is 0 Å². The van der Waals surface area contributed by atoms with Crippen LogP contribution in [0.15, 0.2) is 84.5 Å². The maximum atomic E-state index is 13.8. The molecule has 0 aromatic heterocycles. The first-order chi connectivity index (χ1) is 17.8. The van der Waals surface area contributed by atoms with Crippen molar-refractivity contribution in [3.8, 4) is 0 Å². The average molecular weight is 511 g/mol. The summed E-state index contributed by atoms with van der Waals surface area (Å²) in [5.41, 5.74) is 6.36. The minimum Gasteiger partial charge on any atom is -0.274 e. The summed E-state index contributed by atoms with van der Waals surface area (Å²) in [6.45, 7) is 4.08. The number of nitro benzene ring substituents is 1. The van der Waals surface area contributed by atoms with E-state index in [0.717, 1.165) is 38.3 Å². The molecule has 1 heterocycles. The topological polar surface area (TPSA) is 80.5 Å². The second-order valence-electron chi connectivity index (χ2n) is 9.96. The smallest absolute Gasteiger partial charge is 0.271 e. The van der Waals surface area contributed by atoms with Crippen molar-refractivity contribution < 1.29 is 14.5 Å². The molecule has 6 nitrogen and oxygen atoms in total. The molecule has 2 bridgehead atoms. The van der Waals surface area contributed by atoms with Crippen molar-refractivity contribution in [1.29, 1.82) is 0 Å². The van der Waals surface area contributed by atoms with E-state index in [1.807, 2.05) is 26.0 Å². The van der Waals surface area contributed by atoms with Crippen molar-refractivity contribution in [2.45, 2.75) is 13.8 Å². The van der Waals surface area contributed by atoms with Gasteiger partial charge in [-0.1, -0.05) is 83.4 Å². The van der Waals surface area contributed by atoms with E-state index in [9.17, 15) is 19.7 Å². The van der Waals surface area contributed by atoms with E-state index < -0.39 is 16.8 Å². The summed E-state index contributed by atoms with van der Waals surface area (Å²) in [7, 11) is 0. The molecule has 1 saturated heterocycles. The van der Waals surface area contributed by atoms with E-state index in [-0.39, 0.29) is 40.0 Å². The van der Waals surface area contributed by atoms with Crippen molar-refractivity contribution in [2.24, 2.45) is 23.7 Å². The predicted molar refractivity (Wildman–Crippen MR) is 142 cm³/mol. The number of nitrogens with zero attached hydrogens (tertiary/aromatic N) is 2. The van der Waals surface area contributed by atoms with Crippen LogP contribution in [0, 0.1) is 47.6 Å². The number of hydrogen-bond donors (Lipinski definition) is 0. The molecule has 4 atom stereocenters. The first-order valence-corrected chi connectivity index (χ1v) is 12.5. The highest BCUT2D eigenvalue weighted by Crippen LogP contribution is 2.59. The average Bonchev–Trinajstić information content (AvgIpc) is 3.51. The zero-order chi connectivity index (χ0) is 26.0. The highest BCUT2D eigenvalue weighted by atomic mass is 35.5. The van der Waals surface area contributed by atoms with Crippen molar-refractivity contribution in [2.75, 3.05) is 4.90 Å². The molecular formula is C30H23ClN2O4. The van der Waals surface area contributed by atoms with Crippen LogP contribution in [-0.4, -0.2) is 16.7 Å². The Balaban J connectivity index is 1.48. The number of non-ortho nitro benzene ring substituents is 1. The van der Waals surface area contributed by atoms with Crippen LogP contribution in [0.2, 0.25) is 5.02 Å². The number of fused-ring (bicyclic) bond motifs is 5. The normalized spacial score (nSPS) is 23.6. The molecule has 7 heteroatoms. The monoisotopic (exact) mass is 510 g/mol. The van der Waals surface area contributed by atoms with E-state index in [1.165, 1.54) is 18.2 Å². The number of rotatable bonds is 4. The zero-order valence-corrected chi connectivity index (χ0v) is 21.0. The highest BCUT2D eigenvalue weighted by molar-refractivity contribution is 6.36. The van der Waals surface area contributed by atoms with Crippen LogP contribution < -0.4 is 4.90 Å². The van der Waals surface area contributed by atoms with Crippen LogP contribution in [0.5, 0.6) is 0 Å². The molecular weight excluding hydrogens is 488 g/mol. The van der Waals surface area contributed by atoms with Gasteiger partial charge in [0.25, 0.3) is 5.69 Å². The summed E-state index contributed by atoms with van der Waals surface area (Å²) in [6.07, 6.45) is 4.07. The van der Waals surface area contributed by atoms with E-state index in [0.29, 0.717) is 0 Å². The molecule has 0 radical (unpaired) electrons. The van der Waals surface area contributed by atoms with E-state index >= 15 is 0 Å². The largest absolute Gasteiger partial charge is 0.274 e. The summed E-state index contributed by atoms with van der Waals surface area (Å²) in [6, 6.07) is 20.4. The molecule has 3 aromatic rings. The minimum absolute atomic E-state index is 0.0717. The summed E-state index contributed by atoms with van der Waals surface area (Å²) in [5.74, 6) is -2.35. The van der Waals surface area contributed by atoms with Gasteiger partial charge in [-0.15, -0.1) is 0 Å². The molecule has 184 valence electrons. The number of nitro groups is 1. The Kier molecular flexibility index (Phi) is 5.39. The van der Waals surface area contributed by atoms with Gasteiger partial charge in [-0.05, 0) is 42.2 Å². The second-order valence-corrected chi connectivity index (χ2v) is 10.4. The van der Waals surface area contributed by atoms with Crippen LogP contribution in [-0.2, 0) is 9.59 Å². The Morgan fingerprint density at radius 3 is 1.76 bits per heavy atom. The Bertz CT molecular complexity index is 1460. The number of carbonyl (C=O) groups excluding carboxylic acids is 2. The van der Waals surface area contributed by atoms with Gasteiger partial charge < -0.3 is 0 Å². The number of amides is 2. The summed E-state index contributed by atoms with van der Waals surface area (Å²) in [4.78, 5) is 39.4. The second kappa shape index (κ2) is 8.53. The fraction of sp³-hybridized carbons (Fsp3) is 0.200. The van der Waals surface area contributed by atoms with Crippen LogP contribution in [0.3, 0.4) is 0 Å². The third-order valence-electron chi connectivity index (χ3n) is 7.77. The number of aryl methyl sites for hydroxylation is 2. The first kappa shape index (κ1) is 23.4. The van der Waals surface area contributed by atoms with Gasteiger partial charge in [-0.3, -0.25) is 19.7 Å². The number of carbonyl (C=O) groups is 2. The Hall–Kier alpha value is -4.03. The van der Waals surface area contributed by atoms with Crippen molar-refractivity contribution in [3.63, 3.8) is 0 Å². The van der Waals surface area contributed by atoms with Gasteiger partial charge in [0.05, 0.1) is 27.5 Å². The quantitative estimate of drug-likeness (QED) is 0.179. The zero-order valence-electron chi connectivity index (χ0n) is 20.2. The maximum Gasteiger partial charge on any atom is 0.271 e. The third-order valence-corrected chi connectivity index (χ3v) is 8.09. The summed E-state index contributed by atoms with van der Waals surface area (Å²) in [5, 5.41) is 11.5. The fourth-order valence-corrected chi connectivity index (χ4v) is 6.26. The number of hydrogen-bond acceptors (Lipinski definition) is 4. The molecule has 6 rings (SSSR count). The lowest BCUT2D eigenvalue weighted by atomic mass is 9.85. The van der Waals surface area contributed by atoms with Gasteiger partial charge in [0, 0.05) is 24.0 Å². The van der Waals surface area contributed by atoms with Crippen molar-refractivity contribution in [3.05, 3.63) is 122 Å². The Morgan fingerprint density at radius 2 is 1.30 bits per heavy atom. The number of allylic oxidation sites excluding steroid dienone is 3. The summed E-state index contributed by atoms with van der Waals surface area (Å²) < 4.78 is 0. The molecule has 1 aliphatic heterocycles. The molecule has 2 fully saturated rings. The molecule has 0 unspecified atom stereocenters. The van der Waals surface area contributed by atoms with E-state index in [1.54, 1.807) is 0 Å². The summed E-state index contributed by atoms with van der Waals surface area (Å²) >= 11 is 6.33. The van der Waals surface area contributed by atoms with Gasteiger partial charge in [0.1, 0.15) is 0 Å². The van der Waals surface area contributed by atoms with Crippen LogP contribution in [0.4, 0.5) is 11.4 Å². The predicted octanol–water partition coefficient (Wildman–Crippen LogP) is 6.29. The number of halogens is 1. The molecule has 0 spiro atoms. The molecule has 3 aromatic carbocycles. The minimum atomic E-state index is -0.571. The standard InChI is InChI=1S/C30H23ClN2O4/c1-16-3-7-18(8-4-16)25(19-9-5-17(2)6-10-19)26-21-12-13-22(26)28-27(21)29(34)32(30(28)35)24-15-20(33(36)37)11-14-23(24)31/h3-15,21-22,27-28H,1-2H3/t21-,22-,27+,28+/m1/s1. The van der Waals surface area contributed by atoms with Gasteiger partial charge in [0.2, 0.25) is 11.8 Å². The Labute approximate surface area is 219 Å². The van der Waals surface area contributed by atoms with Crippen molar-refractivity contribution in [1.82, 2.24) is 0 Å². The van der Waals surface area contributed by atoms with Crippen molar-refractivity contribution >= 4 is 40.4 Å². The molecule has 37 heavy (non-hydrogen) atoms. The van der Waals surface area contributed by atoms with Crippen LogP contribution in [0.25, 0.3) is 5.57 Å². The molecule has 2 amide bonds. The third kappa shape index (κ3) is 3.55. The number of benzene rings is 3. The van der Waals surface area contributed by atoms with Crippen LogP contribution >= 0.6 is 11.6 Å². The molecule has 3 aliphatic rings. The van der Waals surface area contributed by atoms with E-state index in [4.69, 9.17) is 11.6 Å². The van der Waals surface area contributed by atoms with E-state index in [2.05, 4.69) is 48.5 Å². The molecule has 0 N–H and O–H groups in total. The van der Waals surface area contributed by atoms with Crippen LogP contribution in [0.1, 0.15) is 22.3 Å². The Morgan fingerprint density at radius 1 is 0.811 bits per heavy atom. The van der Waals surface area contributed by atoms with Gasteiger partial charge in [0.15, 0.2) is 0 Å². The number of imide groups is 1.